The van der Waals surface area contributed by atoms with Gasteiger partial charge in [-0.3, -0.25) is 19.3 Å². The Bertz CT molecular complexity index is 2660. The normalized spacial score (nSPS) is 14.6. The Labute approximate surface area is 591 Å². The maximum atomic E-state index is 11.7. The van der Waals surface area contributed by atoms with Gasteiger partial charge < -0.3 is 50.1 Å². The molecule has 0 aliphatic carbocycles. The molecular weight excluding hydrogens is 1220 g/mol. The fourth-order valence-electron chi connectivity index (χ4n) is 10.2. The van der Waals surface area contributed by atoms with Gasteiger partial charge in [0, 0.05) is 99.4 Å². The lowest BCUT2D eigenvalue weighted by Gasteiger charge is -2.32. The molecule has 4 aromatic carbocycles. The summed E-state index contributed by atoms with van der Waals surface area (Å²) in [5.41, 5.74) is 9.06. The van der Waals surface area contributed by atoms with Gasteiger partial charge in [-0.1, -0.05) is 183 Å². The number of para-hydroxylation sites is 3. The van der Waals surface area contributed by atoms with Gasteiger partial charge in [0.05, 0.1) is 25.1 Å². The van der Waals surface area contributed by atoms with Crippen molar-refractivity contribution in [3.63, 3.8) is 0 Å². The van der Waals surface area contributed by atoms with Crippen molar-refractivity contribution >= 4 is 59.0 Å². The zero-order valence-electron chi connectivity index (χ0n) is 65.2. The summed E-state index contributed by atoms with van der Waals surface area (Å²) in [5.74, 6) is 0.792. The Morgan fingerprint density at radius 1 is 0.361 bits per heavy atom. The molecule has 0 aromatic heterocycles. The first-order valence-electron chi connectivity index (χ1n) is 36.3. The highest BCUT2D eigenvalue weighted by atomic mass is 16.6. The second kappa shape index (κ2) is 54.4. The van der Waals surface area contributed by atoms with E-state index < -0.39 is 0 Å². The minimum Gasteiger partial charge on any atom is -0.448 e. The van der Waals surface area contributed by atoms with Crippen LogP contribution in [0.1, 0.15) is 242 Å². The van der Waals surface area contributed by atoms with Crippen molar-refractivity contribution < 1.29 is 38.3 Å². The lowest BCUT2D eigenvalue weighted by Crippen LogP contribution is -2.47. The van der Waals surface area contributed by atoms with Crippen LogP contribution in [-0.2, 0) is 51.6 Å². The van der Waals surface area contributed by atoms with Gasteiger partial charge in [-0.25, -0.2) is 19.2 Å². The number of cyclic esters (lactones) is 1. The monoisotopic (exact) mass is 1360 g/mol. The molecule has 0 spiro atoms. The minimum absolute atomic E-state index is 0. The average Bonchev–Trinajstić information content (AvgIpc) is 1.75. The van der Waals surface area contributed by atoms with E-state index in [1.54, 1.807) is 9.80 Å². The molecule has 552 valence electrons. The Morgan fingerprint density at radius 2 is 0.784 bits per heavy atom. The van der Waals surface area contributed by atoms with Crippen LogP contribution in [-0.4, -0.2) is 141 Å². The number of fused-ring (bicyclic) bond motifs is 4. The smallest absolute Gasteiger partial charge is 0.410 e. The zero-order valence-corrected chi connectivity index (χ0v) is 65.2. The van der Waals surface area contributed by atoms with Crippen molar-refractivity contribution in [2.45, 2.75) is 289 Å². The molecule has 97 heavy (non-hydrogen) atoms. The Kier molecular flexibility index (Phi) is 53.7. The number of anilines is 3. The van der Waals surface area contributed by atoms with Gasteiger partial charge in [0.2, 0.25) is 17.7 Å². The van der Waals surface area contributed by atoms with Crippen LogP contribution in [0.5, 0.6) is 0 Å². The summed E-state index contributed by atoms with van der Waals surface area (Å²) in [4.78, 5) is 91.9. The third-order valence-corrected chi connectivity index (χ3v) is 14.7. The van der Waals surface area contributed by atoms with Crippen LogP contribution in [0.3, 0.4) is 0 Å². The molecule has 3 N–H and O–H groups in total. The first-order valence-corrected chi connectivity index (χ1v) is 36.3. The van der Waals surface area contributed by atoms with E-state index in [-0.39, 0.29) is 67.6 Å². The van der Waals surface area contributed by atoms with E-state index in [4.69, 9.17) is 4.74 Å². The highest BCUT2D eigenvalue weighted by molar-refractivity contribution is 6.01. The van der Waals surface area contributed by atoms with E-state index in [2.05, 4.69) is 49.7 Å². The van der Waals surface area contributed by atoms with Crippen LogP contribution in [0.25, 0.3) is 0 Å². The topological polar surface area (TPSA) is 187 Å². The predicted molar refractivity (Wildman–Crippen MR) is 412 cm³/mol. The fourth-order valence-corrected chi connectivity index (χ4v) is 10.2. The highest BCUT2D eigenvalue weighted by Gasteiger charge is 2.30. The molecule has 7 aliphatic rings. The van der Waals surface area contributed by atoms with Gasteiger partial charge in [0.25, 0.3) is 0 Å². The molecule has 18 heteroatoms. The molecule has 3 fully saturated rings. The number of amides is 10. The van der Waals surface area contributed by atoms with E-state index in [9.17, 15) is 33.6 Å². The second-order valence-corrected chi connectivity index (χ2v) is 23.0. The van der Waals surface area contributed by atoms with Crippen LogP contribution < -0.4 is 25.8 Å². The van der Waals surface area contributed by atoms with Crippen LogP contribution in [0, 0.1) is 0 Å². The van der Waals surface area contributed by atoms with Gasteiger partial charge in [-0.15, -0.1) is 0 Å². The summed E-state index contributed by atoms with van der Waals surface area (Å²) in [5, 5.41) is 8.47. The number of carbonyl (C=O) groups excluding carboxylic acids is 7. The number of hydrogen-bond donors (Lipinski definition) is 3. The maximum Gasteiger partial charge on any atom is 0.410 e. The van der Waals surface area contributed by atoms with Crippen LogP contribution >= 0.6 is 0 Å². The summed E-state index contributed by atoms with van der Waals surface area (Å²) < 4.78 is 4.71. The lowest BCUT2D eigenvalue weighted by atomic mass is 9.98. The molecule has 0 saturated carbocycles. The van der Waals surface area contributed by atoms with Gasteiger partial charge >= 0.3 is 24.2 Å². The lowest BCUT2D eigenvalue weighted by molar-refractivity contribution is -0.133. The van der Waals surface area contributed by atoms with E-state index in [0.717, 1.165) is 68.2 Å². The van der Waals surface area contributed by atoms with Crippen molar-refractivity contribution in [3.8, 4) is 0 Å². The number of nitrogens with zero attached hydrogens (tertiary/aromatic N) is 7. The van der Waals surface area contributed by atoms with Crippen molar-refractivity contribution in [2.24, 2.45) is 0 Å². The molecule has 18 nitrogen and oxygen atoms in total. The fraction of sp³-hybridized carbons (Fsp3) is 0.608. The van der Waals surface area contributed by atoms with Crippen molar-refractivity contribution in [3.05, 3.63) is 125 Å². The summed E-state index contributed by atoms with van der Waals surface area (Å²) in [6.07, 6.45) is 2.77. The van der Waals surface area contributed by atoms with Crippen molar-refractivity contribution in [2.75, 3.05) is 47.9 Å². The Balaban J connectivity index is -0.000000507. The highest BCUT2D eigenvalue weighted by Crippen LogP contribution is 2.30. The van der Waals surface area contributed by atoms with Crippen LogP contribution in [0.4, 0.5) is 36.2 Å². The first kappa shape index (κ1) is 95.8. The van der Waals surface area contributed by atoms with Crippen molar-refractivity contribution in [1.29, 1.82) is 0 Å². The Hall–Kier alpha value is -7.63. The van der Waals surface area contributed by atoms with Crippen LogP contribution in [0.15, 0.2) is 97.1 Å². The van der Waals surface area contributed by atoms with Gasteiger partial charge in [-0.2, -0.15) is 0 Å². The largest absolute Gasteiger partial charge is 0.448 e. The molecule has 11 rings (SSSR count). The third kappa shape index (κ3) is 32.1. The standard InChI is InChI=1S/C12H15NO.2C11H14N2O.C11H13NO.C7H13NO.C6H12N2O.C6H11NO2.7C2H6.CH4/c1-9(2)13-8-11-6-4-3-5-10(11)7-12(13)14;1-8(2)13-7-9-5-3-4-6-10(9)12-11(13)14;1-8(2)13-10-6-4-3-5-9(10)7-12-11(13)14;1-8(2)12-10-6-4-3-5-9(10)7-11(12)13;1-6(2)8-5-3-4-7(8)9;1-5(2)8-4-3-7-6(8)9;1-5(2)7-3-4-9-6(7)8;7*1-2;/h3-6,9H,7-8H2,1-2H3;2*3-6,8H,7H2,1-2H3,(H,12,14);3-6,8H,7H2,1-2H3;6H,3-5H2,1-2H3;5H,3-4H2,1-2H3,(H,7,9);5H,3-4H2,1-2H3;7*1-2H3;1H4. The first-order chi connectivity index (χ1) is 45.9. The zero-order chi connectivity index (χ0) is 74.4. The van der Waals surface area contributed by atoms with Crippen LogP contribution in [0.2, 0.25) is 0 Å². The predicted octanol–water partition coefficient (Wildman–Crippen LogP) is 18.6. The van der Waals surface area contributed by atoms with E-state index >= 15 is 0 Å². The molecule has 7 heterocycles. The molecule has 0 unspecified atom stereocenters. The number of nitrogens with one attached hydrogen (secondary N) is 3. The van der Waals surface area contributed by atoms with Gasteiger partial charge in [0.15, 0.2) is 0 Å². The average molecular weight is 1360 g/mol. The molecule has 10 amide bonds. The Morgan fingerprint density at radius 3 is 1.19 bits per heavy atom. The molecule has 7 aliphatic heterocycles. The maximum absolute atomic E-state index is 11.7. The summed E-state index contributed by atoms with van der Waals surface area (Å²) in [6.45, 7) is 62.4. The van der Waals surface area contributed by atoms with E-state index in [1.165, 1.54) is 22.3 Å². The van der Waals surface area contributed by atoms with Gasteiger partial charge in [-0.05, 0) is 149 Å². The summed E-state index contributed by atoms with van der Waals surface area (Å²) in [7, 11) is 0. The number of benzene rings is 4. The molecule has 4 aromatic rings. The molecule has 0 radical (unpaired) electrons. The number of hydrogen-bond acceptors (Lipinski definition) is 8. The molecule has 3 saturated heterocycles. The molecule has 0 bridgehead atoms. The van der Waals surface area contributed by atoms with Gasteiger partial charge in [0.1, 0.15) is 6.61 Å². The SMILES string of the molecule is C.CC.CC.CC.CC.CC.CC.CC.CC(C)N1C(=O)Cc2ccccc21.CC(C)N1C(=O)NCc2ccccc21.CC(C)N1CCCC1=O.CC(C)N1CCNC1=O.CC(C)N1CCOC1=O.CC(C)N1Cc2ccccc2CC1=O.CC(C)N1Cc2ccccc2NC1=O. The molecular formula is C79H138N10O8. The number of likely N-dealkylation sites (tertiary alicyclic amines) is 1. The number of carbonyl (C=O) groups is 7. The molecule has 0 atom stereocenters. The van der Waals surface area contributed by atoms with E-state index in [1.807, 2.05) is 282 Å². The third-order valence-electron chi connectivity index (χ3n) is 14.7. The minimum atomic E-state index is -0.176. The number of urea groups is 3. The number of rotatable bonds is 7. The van der Waals surface area contributed by atoms with E-state index in [0.29, 0.717) is 56.6 Å². The summed E-state index contributed by atoms with van der Waals surface area (Å²) >= 11 is 0. The summed E-state index contributed by atoms with van der Waals surface area (Å²) in [6, 6.07) is 34.2. The van der Waals surface area contributed by atoms with Crippen molar-refractivity contribution in [1.82, 2.24) is 35.1 Å². The second-order valence-electron chi connectivity index (χ2n) is 23.0. The quantitative estimate of drug-likeness (QED) is 0.163. The number of ether oxygens (including phenoxy) is 1.